The maximum absolute atomic E-state index is 13.1. The van der Waals surface area contributed by atoms with Gasteiger partial charge in [-0.15, -0.1) is 0 Å². The van der Waals surface area contributed by atoms with Gasteiger partial charge in [0.05, 0.1) is 37.7 Å². The second kappa shape index (κ2) is 12.0. The Morgan fingerprint density at radius 2 is 1.79 bits per heavy atom. The molecule has 38 heavy (non-hydrogen) atoms. The van der Waals surface area contributed by atoms with Crippen LogP contribution in [0.1, 0.15) is 24.0 Å². The topological polar surface area (TPSA) is 148 Å². The van der Waals surface area contributed by atoms with Gasteiger partial charge in [0.2, 0.25) is 15.9 Å². The summed E-state index contributed by atoms with van der Waals surface area (Å²) in [6.45, 7) is 0.532. The molecule has 4 rings (SSSR count). The number of amides is 2. The van der Waals surface area contributed by atoms with Crippen LogP contribution in [-0.4, -0.2) is 85.1 Å². The largest absolute Gasteiger partial charge is 0.465 e. The minimum atomic E-state index is -3.96. The first kappa shape index (κ1) is 27.7. The zero-order chi connectivity index (χ0) is 27.3. The van der Waals surface area contributed by atoms with Crippen molar-refractivity contribution in [3.63, 3.8) is 0 Å². The third-order valence-electron chi connectivity index (χ3n) is 6.09. The molecule has 1 aliphatic carbocycles. The number of nitrogens with one attached hydrogen (secondary N) is 2. The van der Waals surface area contributed by atoms with Crippen molar-refractivity contribution in [1.82, 2.24) is 19.8 Å². The molecule has 1 heterocycles. The lowest BCUT2D eigenvalue weighted by Crippen LogP contribution is -2.44. The summed E-state index contributed by atoms with van der Waals surface area (Å²) in [7, 11) is -3.96. The Kier molecular flexibility index (Phi) is 8.77. The van der Waals surface area contributed by atoms with Crippen molar-refractivity contribution in [2.75, 3.05) is 32.7 Å². The van der Waals surface area contributed by atoms with Crippen molar-refractivity contribution in [2.24, 2.45) is 4.99 Å². The summed E-state index contributed by atoms with van der Waals surface area (Å²) >= 11 is 6.08. The summed E-state index contributed by atoms with van der Waals surface area (Å²) in [6.07, 6.45) is 0.277. The van der Waals surface area contributed by atoms with E-state index in [0.29, 0.717) is 43.9 Å². The average Bonchev–Trinajstić information content (AvgIpc) is 3.60. The van der Waals surface area contributed by atoms with Gasteiger partial charge in [0.15, 0.2) is 5.78 Å². The van der Waals surface area contributed by atoms with Crippen LogP contribution in [0.3, 0.4) is 0 Å². The van der Waals surface area contributed by atoms with Crippen LogP contribution in [0.15, 0.2) is 58.4 Å². The molecule has 0 aromatic heterocycles. The monoisotopic (exact) mass is 561 g/mol. The number of benzene rings is 2. The number of nitrogens with zero attached hydrogens (tertiary/aromatic N) is 3. The molecule has 0 radical (unpaired) electrons. The lowest BCUT2D eigenvalue weighted by Gasteiger charge is -2.22. The van der Waals surface area contributed by atoms with E-state index in [2.05, 4.69) is 15.6 Å². The van der Waals surface area contributed by atoms with Gasteiger partial charge in [-0.1, -0.05) is 48.0 Å². The van der Waals surface area contributed by atoms with Gasteiger partial charge in [-0.25, -0.2) is 13.2 Å². The number of rotatable bonds is 12. The molecule has 0 spiro atoms. The van der Waals surface area contributed by atoms with Gasteiger partial charge in [0.25, 0.3) is 0 Å². The summed E-state index contributed by atoms with van der Waals surface area (Å²) in [4.78, 5) is 41.4. The highest BCUT2D eigenvalue weighted by atomic mass is 35.5. The van der Waals surface area contributed by atoms with Crippen LogP contribution in [0.4, 0.5) is 4.79 Å². The van der Waals surface area contributed by atoms with E-state index < -0.39 is 28.6 Å². The minimum absolute atomic E-state index is 0.00575. The van der Waals surface area contributed by atoms with Crippen LogP contribution in [0.25, 0.3) is 0 Å². The molecule has 2 aromatic carbocycles. The molecule has 0 atom stereocenters. The Morgan fingerprint density at radius 3 is 2.45 bits per heavy atom. The fraction of sp³-hybridized carbons (Fsp3) is 0.360. The maximum Gasteiger partial charge on any atom is 0.413 e. The third-order valence-corrected chi connectivity index (χ3v) is 8.49. The van der Waals surface area contributed by atoms with Crippen LogP contribution in [0.5, 0.6) is 0 Å². The molecule has 2 amide bonds. The third kappa shape index (κ3) is 6.76. The number of carbonyl (C=O) groups is 3. The number of hydrogen-bond acceptors (Lipinski definition) is 7. The Balaban J connectivity index is 1.22. The number of carbonyl (C=O) groups excluding carboxylic acids is 2. The van der Waals surface area contributed by atoms with Crippen molar-refractivity contribution >= 4 is 45.2 Å². The molecular weight excluding hydrogens is 534 g/mol. The predicted octanol–water partition coefficient (Wildman–Crippen LogP) is 1.71. The molecule has 1 fully saturated rings. The fourth-order valence-corrected chi connectivity index (χ4v) is 6.15. The summed E-state index contributed by atoms with van der Waals surface area (Å²) in [5, 5.41) is 14.8. The highest BCUT2D eigenvalue weighted by Gasteiger charge is 2.40. The fourth-order valence-electron chi connectivity index (χ4n) is 4.01. The van der Waals surface area contributed by atoms with Gasteiger partial charge in [-0.3, -0.25) is 19.5 Å². The maximum atomic E-state index is 13.1. The van der Waals surface area contributed by atoms with Crippen LogP contribution >= 0.6 is 11.6 Å². The van der Waals surface area contributed by atoms with Gasteiger partial charge in [-0.2, -0.15) is 4.31 Å². The Bertz CT molecular complexity index is 1340. The van der Waals surface area contributed by atoms with Gasteiger partial charge in [-0.05, 0) is 30.5 Å². The van der Waals surface area contributed by atoms with Crippen LogP contribution < -0.4 is 10.6 Å². The Hall–Kier alpha value is -3.32. The van der Waals surface area contributed by atoms with Crippen molar-refractivity contribution in [1.29, 1.82) is 0 Å². The molecule has 0 saturated heterocycles. The molecule has 3 N–H and O–H groups in total. The van der Waals surface area contributed by atoms with Crippen molar-refractivity contribution in [3.05, 3.63) is 64.7 Å². The number of sulfonamides is 1. The first-order valence-corrected chi connectivity index (χ1v) is 13.9. The summed E-state index contributed by atoms with van der Waals surface area (Å²) in [6, 6.07) is 13.0. The van der Waals surface area contributed by atoms with E-state index in [0.717, 1.165) is 9.87 Å². The number of hydrogen-bond donors (Lipinski definition) is 3. The number of Topliss-reactive ketones (excluding diaryl/α,β-unsaturated/α-hetero) is 1. The molecule has 0 unspecified atom stereocenters. The summed E-state index contributed by atoms with van der Waals surface area (Å²) in [5.74, 6) is -0.413. The standard InChI is InChI=1S/C25H28ClN5O6S/c26-21-3-1-2-4-22(21)38(36,37)31(19-9-10-19)16-23(33)29-15-20(32)14-27-13-17-5-7-18(8-6-17)24-28-11-12-30(24)25(34)35/h1-8,19,27H,9-16H2,(H,29,33)(H,34,35). The van der Waals surface area contributed by atoms with E-state index in [9.17, 15) is 27.9 Å². The van der Waals surface area contributed by atoms with E-state index in [1.165, 1.54) is 17.0 Å². The first-order valence-electron chi connectivity index (χ1n) is 12.1. The second-order valence-corrected chi connectivity index (χ2v) is 11.2. The highest BCUT2D eigenvalue weighted by Crippen LogP contribution is 2.33. The number of carboxylic acid groups (broad SMARTS) is 1. The van der Waals surface area contributed by atoms with E-state index >= 15 is 0 Å². The Morgan fingerprint density at radius 1 is 1.08 bits per heavy atom. The van der Waals surface area contributed by atoms with E-state index in [1.807, 2.05) is 12.1 Å². The lowest BCUT2D eigenvalue weighted by molar-refractivity contribution is -0.125. The van der Waals surface area contributed by atoms with Crippen LogP contribution in [-0.2, 0) is 26.2 Å². The van der Waals surface area contributed by atoms with Gasteiger partial charge in [0.1, 0.15) is 10.7 Å². The molecule has 2 aliphatic rings. The molecule has 1 aliphatic heterocycles. The molecule has 2 aromatic rings. The average molecular weight is 562 g/mol. The normalized spacial score (nSPS) is 15.4. The molecule has 0 bridgehead atoms. The van der Waals surface area contributed by atoms with Gasteiger partial charge >= 0.3 is 6.09 Å². The molecule has 1 saturated carbocycles. The molecule has 202 valence electrons. The zero-order valence-corrected chi connectivity index (χ0v) is 22.0. The number of halogens is 1. The first-order chi connectivity index (χ1) is 18.2. The predicted molar refractivity (Wildman–Crippen MR) is 141 cm³/mol. The number of aliphatic imine (C=N–C) groups is 1. The number of ketones is 1. The van der Waals surface area contributed by atoms with Crippen molar-refractivity contribution in [2.45, 2.75) is 30.3 Å². The molecule has 11 nitrogen and oxygen atoms in total. The Labute approximate surface area is 225 Å². The molecular formula is C25H28ClN5O6S. The summed E-state index contributed by atoms with van der Waals surface area (Å²) < 4.78 is 27.3. The minimum Gasteiger partial charge on any atom is -0.465 e. The second-order valence-electron chi connectivity index (χ2n) is 8.97. The van der Waals surface area contributed by atoms with Gasteiger partial charge < -0.3 is 15.7 Å². The zero-order valence-electron chi connectivity index (χ0n) is 20.5. The van der Waals surface area contributed by atoms with E-state index in [-0.39, 0.29) is 34.8 Å². The molecule has 13 heteroatoms. The van der Waals surface area contributed by atoms with Crippen LogP contribution in [0, 0.1) is 0 Å². The smallest absolute Gasteiger partial charge is 0.413 e. The summed E-state index contributed by atoms with van der Waals surface area (Å²) in [5.41, 5.74) is 1.58. The SMILES string of the molecule is O=C(CNCc1ccc(C2=NCCN2C(=O)O)cc1)CNC(=O)CN(C1CC1)S(=O)(=O)c1ccccc1Cl. The quantitative estimate of drug-likeness (QED) is 0.357. The van der Waals surface area contributed by atoms with Gasteiger partial charge in [0, 0.05) is 18.2 Å². The van der Waals surface area contributed by atoms with Crippen molar-refractivity contribution in [3.8, 4) is 0 Å². The van der Waals surface area contributed by atoms with Crippen molar-refractivity contribution < 1.29 is 27.9 Å². The van der Waals surface area contributed by atoms with E-state index in [1.54, 1.807) is 24.3 Å². The number of amidine groups is 1. The van der Waals surface area contributed by atoms with E-state index in [4.69, 9.17) is 11.6 Å². The van der Waals surface area contributed by atoms with Crippen LogP contribution in [0.2, 0.25) is 5.02 Å². The lowest BCUT2D eigenvalue weighted by atomic mass is 10.1. The highest BCUT2D eigenvalue weighted by molar-refractivity contribution is 7.89.